The van der Waals surface area contributed by atoms with Gasteiger partial charge in [-0.15, -0.1) is 0 Å². The molecule has 0 fully saturated rings. The molecule has 4 nitrogen and oxygen atoms in total. The van der Waals surface area contributed by atoms with Crippen molar-refractivity contribution in [3.05, 3.63) is 0 Å². The SMILES string of the molecule is CC(CN)CCC(N)C(N)CCCN. The van der Waals surface area contributed by atoms with E-state index in [0.29, 0.717) is 12.5 Å². The van der Waals surface area contributed by atoms with Gasteiger partial charge < -0.3 is 22.9 Å². The van der Waals surface area contributed by atoms with Crippen LogP contribution in [0.25, 0.3) is 0 Å². The van der Waals surface area contributed by atoms with E-state index in [4.69, 9.17) is 22.9 Å². The van der Waals surface area contributed by atoms with Crippen molar-refractivity contribution in [3.8, 4) is 0 Å². The highest BCUT2D eigenvalue weighted by molar-refractivity contribution is 4.76. The highest BCUT2D eigenvalue weighted by Gasteiger charge is 2.13. The largest absolute Gasteiger partial charge is 0.330 e. The summed E-state index contributed by atoms with van der Waals surface area (Å²) in [6.45, 7) is 3.56. The third-order valence-electron chi connectivity index (χ3n) is 2.69. The van der Waals surface area contributed by atoms with Crippen LogP contribution in [0.5, 0.6) is 0 Å². The lowest BCUT2D eigenvalue weighted by molar-refractivity contribution is 0.412. The quantitative estimate of drug-likeness (QED) is 0.436. The Kier molecular flexibility index (Phi) is 8.08. The zero-order valence-corrected chi connectivity index (χ0v) is 9.28. The molecule has 0 saturated heterocycles. The first-order valence-corrected chi connectivity index (χ1v) is 5.53. The van der Waals surface area contributed by atoms with Gasteiger partial charge in [0.15, 0.2) is 0 Å². The van der Waals surface area contributed by atoms with Gasteiger partial charge in [-0.2, -0.15) is 0 Å². The Morgan fingerprint density at radius 1 is 0.929 bits per heavy atom. The summed E-state index contributed by atoms with van der Waals surface area (Å²) < 4.78 is 0. The molecule has 0 amide bonds. The molecule has 0 radical (unpaired) electrons. The molecule has 0 spiro atoms. The van der Waals surface area contributed by atoms with E-state index >= 15 is 0 Å². The average Bonchev–Trinajstić information content (AvgIpc) is 2.21. The highest BCUT2D eigenvalue weighted by Crippen LogP contribution is 2.09. The van der Waals surface area contributed by atoms with E-state index in [9.17, 15) is 0 Å². The normalized spacial score (nSPS) is 17.8. The fourth-order valence-corrected chi connectivity index (χ4v) is 1.38. The molecule has 0 heterocycles. The van der Waals surface area contributed by atoms with Crippen molar-refractivity contribution in [1.29, 1.82) is 0 Å². The van der Waals surface area contributed by atoms with E-state index in [1.54, 1.807) is 0 Å². The van der Waals surface area contributed by atoms with Crippen molar-refractivity contribution in [1.82, 2.24) is 0 Å². The summed E-state index contributed by atoms with van der Waals surface area (Å²) >= 11 is 0. The Morgan fingerprint density at radius 3 is 2.00 bits per heavy atom. The lowest BCUT2D eigenvalue weighted by Gasteiger charge is -2.20. The van der Waals surface area contributed by atoms with Crippen LogP contribution in [0, 0.1) is 5.92 Å². The maximum Gasteiger partial charge on any atom is 0.0192 e. The van der Waals surface area contributed by atoms with Crippen LogP contribution >= 0.6 is 0 Å². The van der Waals surface area contributed by atoms with Gasteiger partial charge in [-0.25, -0.2) is 0 Å². The minimum Gasteiger partial charge on any atom is -0.330 e. The lowest BCUT2D eigenvalue weighted by Crippen LogP contribution is -2.41. The van der Waals surface area contributed by atoms with Crippen LogP contribution in [-0.4, -0.2) is 25.2 Å². The van der Waals surface area contributed by atoms with Crippen molar-refractivity contribution in [2.75, 3.05) is 13.1 Å². The Morgan fingerprint density at radius 2 is 1.50 bits per heavy atom. The molecular formula is C10H26N4. The minimum absolute atomic E-state index is 0.0866. The fourth-order valence-electron chi connectivity index (χ4n) is 1.38. The van der Waals surface area contributed by atoms with Crippen LogP contribution in [0.4, 0.5) is 0 Å². The Bertz CT molecular complexity index is 129. The average molecular weight is 202 g/mol. The molecule has 0 saturated carbocycles. The molecule has 0 aromatic heterocycles. The summed E-state index contributed by atoms with van der Waals surface area (Å²) in [7, 11) is 0. The molecule has 0 aliphatic heterocycles. The van der Waals surface area contributed by atoms with Crippen molar-refractivity contribution in [2.45, 2.75) is 44.7 Å². The van der Waals surface area contributed by atoms with Crippen molar-refractivity contribution in [3.63, 3.8) is 0 Å². The van der Waals surface area contributed by atoms with Crippen LogP contribution in [0.3, 0.4) is 0 Å². The van der Waals surface area contributed by atoms with Gasteiger partial charge in [0.05, 0.1) is 0 Å². The van der Waals surface area contributed by atoms with Crippen LogP contribution in [0.1, 0.15) is 32.6 Å². The van der Waals surface area contributed by atoms with Crippen LogP contribution in [0.2, 0.25) is 0 Å². The van der Waals surface area contributed by atoms with Gasteiger partial charge in [-0.05, 0) is 44.7 Å². The highest BCUT2D eigenvalue weighted by atomic mass is 14.8. The summed E-state index contributed by atoms with van der Waals surface area (Å²) in [5.41, 5.74) is 22.8. The summed E-state index contributed by atoms with van der Waals surface area (Å²) in [5, 5.41) is 0. The summed E-state index contributed by atoms with van der Waals surface area (Å²) in [6, 6.07) is 0.180. The van der Waals surface area contributed by atoms with Crippen LogP contribution in [-0.2, 0) is 0 Å². The minimum atomic E-state index is 0.0866. The Labute approximate surface area is 87.4 Å². The van der Waals surface area contributed by atoms with E-state index in [2.05, 4.69) is 6.92 Å². The standard InChI is InChI=1S/C10H26N4/c1-8(7-12)4-5-10(14)9(13)3-2-6-11/h8-10H,2-7,11-14H2,1H3. The number of hydrogen-bond donors (Lipinski definition) is 4. The van der Waals surface area contributed by atoms with Gasteiger partial charge in [-0.3, -0.25) is 0 Å². The molecule has 86 valence electrons. The molecule has 4 heteroatoms. The van der Waals surface area contributed by atoms with E-state index in [-0.39, 0.29) is 12.1 Å². The molecule has 3 unspecified atom stereocenters. The van der Waals surface area contributed by atoms with E-state index in [1.165, 1.54) is 0 Å². The zero-order valence-electron chi connectivity index (χ0n) is 9.28. The molecular weight excluding hydrogens is 176 g/mol. The molecule has 0 aromatic carbocycles. The number of rotatable bonds is 8. The second-order valence-corrected chi connectivity index (χ2v) is 4.18. The molecule has 3 atom stereocenters. The van der Waals surface area contributed by atoms with Crippen molar-refractivity contribution < 1.29 is 0 Å². The first kappa shape index (κ1) is 13.8. The van der Waals surface area contributed by atoms with E-state index < -0.39 is 0 Å². The number of hydrogen-bond acceptors (Lipinski definition) is 4. The van der Waals surface area contributed by atoms with Gasteiger partial charge in [-0.1, -0.05) is 6.92 Å². The Balaban J connectivity index is 3.55. The topological polar surface area (TPSA) is 104 Å². The van der Waals surface area contributed by atoms with E-state index in [1.807, 2.05) is 0 Å². The Hall–Kier alpha value is -0.160. The van der Waals surface area contributed by atoms with Gasteiger partial charge in [0.25, 0.3) is 0 Å². The molecule has 0 aliphatic rings. The smallest absolute Gasteiger partial charge is 0.0192 e. The first-order chi connectivity index (χ1) is 6.61. The molecule has 0 rings (SSSR count). The van der Waals surface area contributed by atoms with Crippen molar-refractivity contribution >= 4 is 0 Å². The molecule has 0 aliphatic carbocycles. The monoisotopic (exact) mass is 202 g/mol. The summed E-state index contributed by atoms with van der Waals surface area (Å²) in [4.78, 5) is 0. The van der Waals surface area contributed by atoms with Gasteiger partial charge in [0, 0.05) is 12.1 Å². The van der Waals surface area contributed by atoms with Crippen molar-refractivity contribution in [2.24, 2.45) is 28.9 Å². The summed E-state index contributed by atoms with van der Waals surface area (Å²) in [6.07, 6.45) is 3.91. The maximum atomic E-state index is 5.95. The second-order valence-electron chi connectivity index (χ2n) is 4.18. The van der Waals surface area contributed by atoms with E-state index in [0.717, 1.165) is 32.2 Å². The van der Waals surface area contributed by atoms with Gasteiger partial charge in [0.2, 0.25) is 0 Å². The molecule has 14 heavy (non-hydrogen) atoms. The number of nitrogens with two attached hydrogens (primary N) is 4. The van der Waals surface area contributed by atoms with Crippen LogP contribution in [0.15, 0.2) is 0 Å². The first-order valence-electron chi connectivity index (χ1n) is 5.53. The predicted octanol–water partition coefficient (Wildman–Crippen LogP) is -0.245. The lowest BCUT2D eigenvalue weighted by atomic mass is 9.96. The molecule has 0 aromatic rings. The van der Waals surface area contributed by atoms with Gasteiger partial charge >= 0.3 is 0 Å². The third-order valence-corrected chi connectivity index (χ3v) is 2.69. The molecule has 8 N–H and O–H groups in total. The predicted molar refractivity (Wildman–Crippen MR) is 61.7 cm³/mol. The molecule has 0 bridgehead atoms. The fraction of sp³-hybridized carbons (Fsp3) is 1.00. The summed E-state index contributed by atoms with van der Waals surface area (Å²) in [5.74, 6) is 0.544. The zero-order chi connectivity index (χ0) is 11.0. The third kappa shape index (κ3) is 6.32. The van der Waals surface area contributed by atoms with Crippen LogP contribution < -0.4 is 22.9 Å². The second kappa shape index (κ2) is 8.17. The van der Waals surface area contributed by atoms with Gasteiger partial charge in [0.1, 0.15) is 0 Å². The maximum absolute atomic E-state index is 5.95.